The standard InChI is InChI=1S/C19H22FNO3/c1-23-14-16-7-4-6-15(12-16)13-21-19(22)10-5-11-24-18-9-3-2-8-17(18)20/h2-4,6-9,12H,5,10-11,13-14H2,1H3,(H,21,22). The smallest absolute Gasteiger partial charge is 0.220 e. The molecule has 128 valence electrons. The predicted molar refractivity (Wildman–Crippen MR) is 90.1 cm³/mol. The fraction of sp³-hybridized carbons (Fsp3) is 0.316. The Kier molecular flexibility index (Phi) is 7.23. The molecule has 0 unspecified atom stereocenters. The van der Waals surface area contributed by atoms with E-state index in [2.05, 4.69) is 5.32 Å². The lowest BCUT2D eigenvalue weighted by molar-refractivity contribution is -0.121. The van der Waals surface area contributed by atoms with E-state index in [9.17, 15) is 9.18 Å². The number of carbonyl (C=O) groups excluding carboxylic acids is 1. The Hall–Kier alpha value is -2.40. The normalized spacial score (nSPS) is 10.4. The Labute approximate surface area is 141 Å². The summed E-state index contributed by atoms with van der Waals surface area (Å²) in [5.74, 6) is -0.227. The molecular weight excluding hydrogens is 309 g/mol. The van der Waals surface area contributed by atoms with Crippen LogP contribution in [-0.2, 0) is 22.7 Å². The number of hydrogen-bond acceptors (Lipinski definition) is 3. The molecule has 2 aromatic carbocycles. The van der Waals surface area contributed by atoms with Crippen molar-refractivity contribution in [1.29, 1.82) is 0 Å². The summed E-state index contributed by atoms with van der Waals surface area (Å²) >= 11 is 0. The molecule has 0 bridgehead atoms. The van der Waals surface area contributed by atoms with Gasteiger partial charge in [0.05, 0.1) is 13.2 Å². The highest BCUT2D eigenvalue weighted by atomic mass is 19.1. The van der Waals surface area contributed by atoms with Crippen molar-refractivity contribution in [3.63, 3.8) is 0 Å². The number of ether oxygens (including phenoxy) is 2. The molecule has 0 aromatic heterocycles. The van der Waals surface area contributed by atoms with Crippen LogP contribution in [0.3, 0.4) is 0 Å². The van der Waals surface area contributed by atoms with Crippen LogP contribution in [0.25, 0.3) is 0 Å². The van der Waals surface area contributed by atoms with Crippen LogP contribution in [0.15, 0.2) is 48.5 Å². The Bertz CT molecular complexity index is 661. The molecule has 0 heterocycles. The number of rotatable bonds is 9. The first-order valence-corrected chi connectivity index (χ1v) is 7.90. The Balaban J connectivity index is 1.66. The zero-order valence-corrected chi connectivity index (χ0v) is 13.8. The van der Waals surface area contributed by atoms with E-state index in [1.165, 1.54) is 6.07 Å². The number of carbonyl (C=O) groups is 1. The average Bonchev–Trinajstić information content (AvgIpc) is 2.59. The summed E-state index contributed by atoms with van der Waals surface area (Å²) in [6, 6.07) is 14.1. The summed E-state index contributed by atoms with van der Waals surface area (Å²) in [6.45, 7) is 1.33. The zero-order valence-electron chi connectivity index (χ0n) is 13.8. The Morgan fingerprint density at radius 1 is 1.12 bits per heavy atom. The van der Waals surface area contributed by atoms with Crippen LogP contribution in [-0.4, -0.2) is 19.6 Å². The van der Waals surface area contributed by atoms with Gasteiger partial charge in [-0.2, -0.15) is 0 Å². The quantitative estimate of drug-likeness (QED) is 0.716. The van der Waals surface area contributed by atoms with E-state index >= 15 is 0 Å². The third-order valence-electron chi connectivity index (χ3n) is 3.43. The molecule has 0 spiro atoms. The van der Waals surface area contributed by atoms with Crippen LogP contribution in [0.1, 0.15) is 24.0 Å². The Morgan fingerprint density at radius 2 is 1.92 bits per heavy atom. The minimum atomic E-state index is -0.391. The van der Waals surface area contributed by atoms with Crippen molar-refractivity contribution in [3.05, 3.63) is 65.5 Å². The summed E-state index contributed by atoms with van der Waals surface area (Å²) in [6.07, 6.45) is 0.871. The van der Waals surface area contributed by atoms with E-state index in [1.54, 1.807) is 25.3 Å². The molecule has 0 fully saturated rings. The lowest BCUT2D eigenvalue weighted by Crippen LogP contribution is -2.23. The Morgan fingerprint density at radius 3 is 2.71 bits per heavy atom. The van der Waals surface area contributed by atoms with Crippen molar-refractivity contribution >= 4 is 5.91 Å². The lowest BCUT2D eigenvalue weighted by atomic mass is 10.1. The third-order valence-corrected chi connectivity index (χ3v) is 3.43. The van der Waals surface area contributed by atoms with Crippen molar-refractivity contribution in [2.75, 3.05) is 13.7 Å². The van der Waals surface area contributed by atoms with E-state index < -0.39 is 5.82 Å². The fourth-order valence-electron chi connectivity index (χ4n) is 2.26. The fourth-order valence-corrected chi connectivity index (χ4v) is 2.26. The summed E-state index contributed by atoms with van der Waals surface area (Å²) in [5, 5.41) is 2.87. The first kappa shape index (κ1) is 17.9. The van der Waals surface area contributed by atoms with Crippen molar-refractivity contribution < 1.29 is 18.7 Å². The molecule has 5 heteroatoms. The van der Waals surface area contributed by atoms with Gasteiger partial charge in [-0.3, -0.25) is 4.79 Å². The second kappa shape index (κ2) is 9.67. The molecule has 1 N–H and O–H groups in total. The minimum absolute atomic E-state index is 0.0516. The van der Waals surface area contributed by atoms with E-state index in [1.807, 2.05) is 24.3 Å². The van der Waals surface area contributed by atoms with Crippen molar-refractivity contribution in [1.82, 2.24) is 5.32 Å². The van der Waals surface area contributed by atoms with Gasteiger partial charge in [0.2, 0.25) is 5.91 Å². The van der Waals surface area contributed by atoms with Gasteiger partial charge in [0, 0.05) is 20.1 Å². The number of nitrogens with one attached hydrogen (secondary N) is 1. The molecule has 2 rings (SSSR count). The number of halogens is 1. The van der Waals surface area contributed by atoms with Gasteiger partial charge in [-0.1, -0.05) is 36.4 Å². The third kappa shape index (κ3) is 6.01. The van der Waals surface area contributed by atoms with Gasteiger partial charge in [0.25, 0.3) is 0 Å². The van der Waals surface area contributed by atoms with Crippen LogP contribution in [0, 0.1) is 5.82 Å². The average molecular weight is 331 g/mol. The van der Waals surface area contributed by atoms with Crippen LogP contribution in [0.5, 0.6) is 5.75 Å². The van der Waals surface area contributed by atoms with Crippen molar-refractivity contribution in [2.24, 2.45) is 0 Å². The maximum atomic E-state index is 13.4. The van der Waals surface area contributed by atoms with Gasteiger partial charge in [-0.05, 0) is 29.7 Å². The van der Waals surface area contributed by atoms with Gasteiger partial charge in [0.1, 0.15) is 0 Å². The van der Waals surface area contributed by atoms with Gasteiger partial charge in [-0.25, -0.2) is 4.39 Å². The zero-order chi connectivity index (χ0) is 17.2. The molecule has 2 aromatic rings. The number of benzene rings is 2. The number of para-hydroxylation sites is 1. The van der Waals surface area contributed by atoms with Crippen LogP contribution in [0.2, 0.25) is 0 Å². The van der Waals surface area contributed by atoms with Crippen molar-refractivity contribution in [2.45, 2.75) is 26.0 Å². The largest absolute Gasteiger partial charge is 0.491 e. The highest BCUT2D eigenvalue weighted by molar-refractivity contribution is 5.75. The van der Waals surface area contributed by atoms with Gasteiger partial charge in [-0.15, -0.1) is 0 Å². The molecule has 0 aliphatic heterocycles. The SMILES string of the molecule is COCc1cccc(CNC(=O)CCCOc2ccccc2F)c1. The first-order chi connectivity index (χ1) is 11.7. The molecule has 0 aliphatic rings. The molecule has 0 atom stereocenters. The van der Waals surface area contributed by atoms with E-state index in [4.69, 9.17) is 9.47 Å². The first-order valence-electron chi connectivity index (χ1n) is 7.90. The highest BCUT2D eigenvalue weighted by Gasteiger charge is 2.04. The molecule has 4 nitrogen and oxygen atoms in total. The molecular formula is C19H22FNO3. The topological polar surface area (TPSA) is 47.6 Å². The van der Waals surface area contributed by atoms with Crippen molar-refractivity contribution in [3.8, 4) is 5.75 Å². The lowest BCUT2D eigenvalue weighted by Gasteiger charge is -2.08. The maximum Gasteiger partial charge on any atom is 0.220 e. The van der Waals surface area contributed by atoms with Crippen LogP contribution < -0.4 is 10.1 Å². The summed E-state index contributed by atoms with van der Waals surface area (Å²) in [4.78, 5) is 11.8. The number of hydrogen-bond donors (Lipinski definition) is 1. The molecule has 0 aliphatic carbocycles. The number of amides is 1. The highest BCUT2D eigenvalue weighted by Crippen LogP contribution is 2.15. The molecule has 24 heavy (non-hydrogen) atoms. The predicted octanol–water partition coefficient (Wildman–Crippen LogP) is 3.45. The van der Waals surface area contributed by atoms with E-state index in [-0.39, 0.29) is 11.7 Å². The monoisotopic (exact) mass is 331 g/mol. The summed E-state index contributed by atoms with van der Waals surface area (Å²) in [5.41, 5.74) is 2.10. The minimum Gasteiger partial charge on any atom is -0.491 e. The van der Waals surface area contributed by atoms with Gasteiger partial charge in [0.15, 0.2) is 11.6 Å². The van der Waals surface area contributed by atoms with Crippen LogP contribution >= 0.6 is 0 Å². The maximum absolute atomic E-state index is 13.4. The second-order valence-corrected chi connectivity index (χ2v) is 5.41. The van der Waals surface area contributed by atoms with E-state index in [0.29, 0.717) is 32.6 Å². The second-order valence-electron chi connectivity index (χ2n) is 5.41. The molecule has 0 radical (unpaired) electrons. The molecule has 1 amide bonds. The van der Waals surface area contributed by atoms with Gasteiger partial charge < -0.3 is 14.8 Å². The number of methoxy groups -OCH3 is 1. The summed E-state index contributed by atoms with van der Waals surface area (Å²) < 4.78 is 23.8. The molecule has 0 saturated carbocycles. The van der Waals surface area contributed by atoms with Crippen LogP contribution in [0.4, 0.5) is 4.39 Å². The molecule has 0 saturated heterocycles. The summed E-state index contributed by atoms with van der Waals surface area (Å²) in [7, 11) is 1.65. The van der Waals surface area contributed by atoms with Gasteiger partial charge >= 0.3 is 0 Å². The van der Waals surface area contributed by atoms with E-state index in [0.717, 1.165) is 11.1 Å².